The van der Waals surface area contributed by atoms with E-state index in [0.29, 0.717) is 24.7 Å². The Kier molecular flexibility index (Phi) is 8.07. The molecule has 0 unspecified atom stereocenters. The largest absolute Gasteiger partial charge is 0.444 e. The zero-order chi connectivity index (χ0) is 18.2. The van der Waals surface area contributed by atoms with E-state index in [-0.39, 0.29) is 0 Å². The first kappa shape index (κ1) is 20.3. The Morgan fingerprint density at radius 1 is 1.38 bits per heavy atom. The molecule has 24 heavy (non-hydrogen) atoms. The summed E-state index contributed by atoms with van der Waals surface area (Å²) in [6.07, 6.45) is 0.276. The first-order valence-electron chi connectivity index (χ1n) is 8.02. The number of amidine groups is 1. The third kappa shape index (κ3) is 7.70. The van der Waals surface area contributed by atoms with Crippen molar-refractivity contribution in [1.29, 1.82) is 5.41 Å². The van der Waals surface area contributed by atoms with Crippen LogP contribution in [0, 0.1) is 5.41 Å². The fourth-order valence-electron chi connectivity index (χ4n) is 2.02. The highest BCUT2D eigenvalue weighted by molar-refractivity contribution is 8.14. The Bertz CT molecular complexity index is 570. The molecule has 0 atom stereocenters. The van der Waals surface area contributed by atoms with E-state index in [1.54, 1.807) is 0 Å². The first-order chi connectivity index (χ1) is 11.2. The van der Waals surface area contributed by atoms with E-state index in [1.807, 2.05) is 45.9 Å². The molecule has 7 heteroatoms. The topological polar surface area (TPSA) is 100 Å². The summed E-state index contributed by atoms with van der Waals surface area (Å²) in [7, 11) is 0. The second-order valence-electron chi connectivity index (χ2n) is 6.26. The lowest BCUT2D eigenvalue weighted by Crippen LogP contribution is -2.33. The number of carbonyl (C=O) groups is 1. The number of carbonyl (C=O) groups excluding carboxylic acids is 1. The highest BCUT2D eigenvalue weighted by Gasteiger charge is 2.15. The number of anilines is 1. The van der Waals surface area contributed by atoms with E-state index in [2.05, 4.69) is 10.6 Å². The van der Waals surface area contributed by atoms with Crippen LogP contribution in [0.4, 0.5) is 10.5 Å². The Hall–Kier alpha value is -1.73. The van der Waals surface area contributed by atoms with Crippen LogP contribution in [0.1, 0.15) is 38.8 Å². The summed E-state index contributed by atoms with van der Waals surface area (Å²) in [6.45, 7) is 8.39. The van der Waals surface area contributed by atoms with Crippen LogP contribution in [-0.4, -0.2) is 29.2 Å². The Balaban J connectivity index is 2.58. The summed E-state index contributed by atoms with van der Waals surface area (Å²) < 4.78 is 5.20. The zero-order valence-corrected chi connectivity index (χ0v) is 15.7. The van der Waals surface area contributed by atoms with E-state index < -0.39 is 11.7 Å². The average molecular weight is 353 g/mol. The summed E-state index contributed by atoms with van der Waals surface area (Å²) in [4.78, 5) is 11.6. The van der Waals surface area contributed by atoms with Gasteiger partial charge in [0.25, 0.3) is 0 Å². The summed E-state index contributed by atoms with van der Waals surface area (Å²) in [6, 6.07) is 5.90. The van der Waals surface area contributed by atoms with Crippen LogP contribution >= 0.6 is 11.8 Å². The van der Waals surface area contributed by atoms with E-state index in [0.717, 1.165) is 22.6 Å². The normalized spacial score (nSPS) is 11.0. The molecule has 5 N–H and O–H groups in total. The minimum Gasteiger partial charge on any atom is -0.444 e. The van der Waals surface area contributed by atoms with Gasteiger partial charge in [-0.05, 0) is 50.1 Å². The predicted octanol–water partition coefficient (Wildman–Crippen LogP) is 3.31. The first-order valence-corrected chi connectivity index (χ1v) is 9.00. The monoisotopic (exact) mass is 352 g/mol. The van der Waals surface area contributed by atoms with Gasteiger partial charge in [0.2, 0.25) is 0 Å². The van der Waals surface area contributed by atoms with E-state index >= 15 is 0 Å². The molecule has 1 amide bonds. The van der Waals surface area contributed by atoms with Gasteiger partial charge in [0, 0.05) is 18.8 Å². The van der Waals surface area contributed by atoms with Gasteiger partial charge in [-0.2, -0.15) is 0 Å². The number of amides is 1. The second-order valence-corrected chi connectivity index (χ2v) is 7.54. The van der Waals surface area contributed by atoms with Crippen LogP contribution < -0.4 is 16.4 Å². The third-order valence-corrected chi connectivity index (χ3v) is 3.69. The molecule has 6 nitrogen and oxygen atoms in total. The van der Waals surface area contributed by atoms with Gasteiger partial charge in [-0.1, -0.05) is 30.8 Å². The van der Waals surface area contributed by atoms with Crippen LogP contribution in [0.5, 0.6) is 0 Å². The second kappa shape index (κ2) is 9.54. The van der Waals surface area contributed by atoms with Crippen molar-refractivity contribution < 1.29 is 9.53 Å². The molecule has 0 aliphatic rings. The van der Waals surface area contributed by atoms with Gasteiger partial charge in [0.05, 0.1) is 0 Å². The molecule has 0 aliphatic carbocycles. The van der Waals surface area contributed by atoms with Gasteiger partial charge in [-0.3, -0.25) is 5.41 Å². The number of alkyl carbamates (subject to hydrolysis) is 1. The lowest BCUT2D eigenvalue weighted by molar-refractivity contribution is 0.0528. The molecule has 0 aliphatic heterocycles. The highest BCUT2D eigenvalue weighted by atomic mass is 32.2. The smallest absolute Gasteiger partial charge is 0.407 e. The number of nitrogens with one attached hydrogen (secondary N) is 3. The summed E-state index contributed by atoms with van der Waals surface area (Å²) in [5, 5.41) is 14.0. The molecule has 1 aromatic carbocycles. The number of rotatable bonds is 6. The summed E-state index contributed by atoms with van der Waals surface area (Å²) >= 11 is 1.44. The number of hydrogen-bond acceptors (Lipinski definition) is 5. The van der Waals surface area contributed by atoms with Crippen molar-refractivity contribution in [3.63, 3.8) is 0 Å². The molecule has 1 aromatic rings. The van der Waals surface area contributed by atoms with Gasteiger partial charge in [0.1, 0.15) is 5.60 Å². The number of hydrogen-bond donors (Lipinski definition) is 4. The van der Waals surface area contributed by atoms with Crippen LogP contribution in [0.25, 0.3) is 0 Å². The number of ether oxygens (including phenoxy) is 1. The van der Waals surface area contributed by atoms with Gasteiger partial charge in [-0.25, -0.2) is 4.79 Å². The third-order valence-electron chi connectivity index (χ3n) is 3.01. The fourth-order valence-corrected chi connectivity index (χ4v) is 2.49. The molecular formula is C17H28N4O2S. The molecule has 0 saturated carbocycles. The minimum absolute atomic E-state index is 0.389. The molecule has 0 bridgehead atoms. The van der Waals surface area contributed by atoms with Crippen LogP contribution in [-0.2, 0) is 17.7 Å². The average Bonchev–Trinajstić information content (AvgIpc) is 2.47. The zero-order valence-electron chi connectivity index (χ0n) is 14.9. The van der Waals surface area contributed by atoms with Gasteiger partial charge in [0.15, 0.2) is 5.17 Å². The van der Waals surface area contributed by atoms with Gasteiger partial charge in [-0.15, -0.1) is 0 Å². The molecule has 0 spiro atoms. The molecule has 0 aromatic heterocycles. The summed E-state index contributed by atoms with van der Waals surface area (Å²) in [5.74, 6) is 0.845. The SMILES string of the molecule is CCSC(=N)Nc1ccc(CCNC(=O)OC(C)(C)C)cc1CN. The molecule has 0 saturated heterocycles. The lowest BCUT2D eigenvalue weighted by atomic mass is 10.1. The van der Waals surface area contributed by atoms with E-state index in [4.69, 9.17) is 15.9 Å². The quantitative estimate of drug-likeness (QED) is 0.465. The number of nitrogens with two attached hydrogens (primary N) is 1. The highest BCUT2D eigenvalue weighted by Crippen LogP contribution is 2.19. The Morgan fingerprint density at radius 2 is 2.08 bits per heavy atom. The predicted molar refractivity (Wildman–Crippen MR) is 102 cm³/mol. The maximum Gasteiger partial charge on any atom is 0.407 e. The number of benzene rings is 1. The van der Waals surface area contributed by atoms with E-state index in [9.17, 15) is 4.79 Å². The molecular weight excluding hydrogens is 324 g/mol. The van der Waals surface area contributed by atoms with Gasteiger partial charge >= 0.3 is 6.09 Å². The van der Waals surface area contributed by atoms with Crippen LogP contribution in [0.3, 0.4) is 0 Å². The van der Waals surface area contributed by atoms with Crippen molar-refractivity contribution in [2.45, 2.75) is 46.3 Å². The minimum atomic E-state index is -0.495. The van der Waals surface area contributed by atoms with Crippen LogP contribution in [0.15, 0.2) is 18.2 Å². The van der Waals surface area contributed by atoms with Crippen molar-refractivity contribution in [1.82, 2.24) is 5.32 Å². The fraction of sp³-hybridized carbons (Fsp3) is 0.529. The van der Waals surface area contributed by atoms with Crippen molar-refractivity contribution >= 4 is 28.7 Å². The van der Waals surface area contributed by atoms with Crippen molar-refractivity contribution in [2.75, 3.05) is 17.6 Å². The maximum absolute atomic E-state index is 11.6. The Morgan fingerprint density at radius 3 is 2.67 bits per heavy atom. The number of thioether (sulfide) groups is 1. The molecule has 1 rings (SSSR count). The lowest BCUT2D eigenvalue weighted by Gasteiger charge is -2.19. The molecule has 134 valence electrons. The molecule has 0 heterocycles. The van der Waals surface area contributed by atoms with Gasteiger partial charge < -0.3 is 21.1 Å². The molecule has 0 fully saturated rings. The van der Waals surface area contributed by atoms with Crippen LogP contribution in [0.2, 0.25) is 0 Å². The van der Waals surface area contributed by atoms with Crippen molar-refractivity contribution in [2.24, 2.45) is 5.73 Å². The van der Waals surface area contributed by atoms with Crippen molar-refractivity contribution in [3.05, 3.63) is 29.3 Å². The van der Waals surface area contributed by atoms with Crippen molar-refractivity contribution in [3.8, 4) is 0 Å². The standard InChI is InChI=1S/C17H28N4O2S/c1-5-24-15(19)21-14-7-6-12(10-13(14)11-18)8-9-20-16(22)23-17(2,3)4/h6-7,10H,5,8-9,11,18H2,1-4H3,(H2,19,21)(H,20,22). The summed E-state index contributed by atoms with van der Waals surface area (Å²) in [5.41, 5.74) is 8.19. The Labute approximate surface area is 148 Å². The molecule has 0 radical (unpaired) electrons. The van der Waals surface area contributed by atoms with E-state index in [1.165, 1.54) is 11.8 Å². The maximum atomic E-state index is 11.6.